The standard InChI is InChI=1S/C21H13F3N4O3/c1-12-18(20(29)28-19(27-12)17(25-2)11-26-28)13-3-5-14(6-4-13)30-15-7-9-16(10-8-15)31-21(22,23)24/h3-11,26H,1H3. The van der Waals surface area contributed by atoms with Crippen LogP contribution in [0.4, 0.5) is 18.9 Å². The SMILES string of the molecule is [C-]#[N+]c1c[nH]n2c(=O)c(-c3ccc(Oc4ccc(OC(F)(F)F)cc4)cc3)c(C)nc12. The highest BCUT2D eigenvalue weighted by Crippen LogP contribution is 2.29. The van der Waals surface area contributed by atoms with E-state index in [9.17, 15) is 18.0 Å². The molecule has 10 heteroatoms. The van der Waals surface area contributed by atoms with Gasteiger partial charge in [0.2, 0.25) is 5.69 Å². The number of hydrogen-bond donors (Lipinski definition) is 1. The molecule has 2 aromatic carbocycles. The summed E-state index contributed by atoms with van der Waals surface area (Å²) in [4.78, 5) is 20.5. The van der Waals surface area contributed by atoms with Crippen molar-refractivity contribution in [3.63, 3.8) is 0 Å². The Bertz CT molecular complexity index is 1350. The topological polar surface area (TPSA) is 73.0 Å². The van der Waals surface area contributed by atoms with Gasteiger partial charge in [-0.1, -0.05) is 12.1 Å². The molecule has 0 radical (unpaired) electrons. The van der Waals surface area contributed by atoms with Gasteiger partial charge >= 0.3 is 6.36 Å². The van der Waals surface area contributed by atoms with Crippen LogP contribution in [0.3, 0.4) is 0 Å². The van der Waals surface area contributed by atoms with Crippen molar-refractivity contribution >= 4 is 11.3 Å². The number of nitrogens with one attached hydrogen (secondary N) is 1. The van der Waals surface area contributed by atoms with Gasteiger partial charge in [0.15, 0.2) is 5.65 Å². The molecule has 0 unspecified atom stereocenters. The zero-order valence-corrected chi connectivity index (χ0v) is 15.9. The van der Waals surface area contributed by atoms with Gasteiger partial charge in [-0.2, -0.15) is 0 Å². The van der Waals surface area contributed by atoms with Crippen molar-refractivity contribution in [3.05, 3.63) is 82.2 Å². The van der Waals surface area contributed by atoms with Crippen molar-refractivity contribution in [1.82, 2.24) is 14.6 Å². The number of rotatable bonds is 4. The third kappa shape index (κ3) is 4.06. The minimum atomic E-state index is -4.76. The van der Waals surface area contributed by atoms with Gasteiger partial charge < -0.3 is 14.6 Å². The van der Waals surface area contributed by atoms with E-state index in [2.05, 4.69) is 19.7 Å². The van der Waals surface area contributed by atoms with Crippen LogP contribution in [0.25, 0.3) is 21.6 Å². The molecule has 156 valence electrons. The minimum absolute atomic E-state index is 0.252. The smallest absolute Gasteiger partial charge is 0.457 e. The maximum Gasteiger partial charge on any atom is 0.573 e. The number of aromatic amines is 1. The molecular formula is C21H13F3N4O3. The van der Waals surface area contributed by atoms with Crippen LogP contribution in [-0.2, 0) is 0 Å². The predicted octanol–water partition coefficient (Wildman–Crippen LogP) is 5.24. The number of benzene rings is 2. The fourth-order valence-electron chi connectivity index (χ4n) is 3.06. The summed E-state index contributed by atoms with van der Waals surface area (Å²) in [5.41, 5.74) is 1.62. The highest BCUT2D eigenvalue weighted by molar-refractivity contribution is 5.72. The Kier molecular flexibility index (Phi) is 4.87. The summed E-state index contributed by atoms with van der Waals surface area (Å²) < 4.78 is 47.4. The molecule has 2 aromatic heterocycles. The molecule has 31 heavy (non-hydrogen) atoms. The average Bonchev–Trinajstić information content (AvgIpc) is 3.13. The van der Waals surface area contributed by atoms with Crippen LogP contribution in [0.2, 0.25) is 0 Å². The molecule has 4 rings (SSSR count). The molecule has 0 saturated carbocycles. The Hall–Kier alpha value is -4.26. The molecule has 0 aliphatic rings. The average molecular weight is 426 g/mol. The third-order valence-electron chi connectivity index (χ3n) is 4.38. The maximum absolute atomic E-state index is 12.9. The van der Waals surface area contributed by atoms with Crippen molar-refractivity contribution in [1.29, 1.82) is 0 Å². The lowest BCUT2D eigenvalue weighted by Gasteiger charge is -2.11. The summed E-state index contributed by atoms with van der Waals surface area (Å²) in [5, 5.41) is 2.73. The zero-order valence-electron chi connectivity index (χ0n) is 15.9. The van der Waals surface area contributed by atoms with Gasteiger partial charge in [-0.3, -0.25) is 4.79 Å². The molecular weight excluding hydrogens is 413 g/mol. The van der Waals surface area contributed by atoms with Crippen LogP contribution in [-0.4, -0.2) is 21.0 Å². The number of aromatic nitrogens is 3. The van der Waals surface area contributed by atoms with Crippen molar-refractivity contribution in [2.45, 2.75) is 13.3 Å². The van der Waals surface area contributed by atoms with Crippen molar-refractivity contribution < 1.29 is 22.6 Å². The normalized spacial score (nSPS) is 11.3. The Labute approximate surface area is 173 Å². The summed E-state index contributed by atoms with van der Waals surface area (Å²) in [5.74, 6) is 0.398. The van der Waals surface area contributed by atoms with Gasteiger partial charge in [0.05, 0.1) is 17.8 Å². The summed E-state index contributed by atoms with van der Waals surface area (Å²) >= 11 is 0. The predicted molar refractivity (Wildman–Crippen MR) is 105 cm³/mol. The van der Waals surface area contributed by atoms with E-state index in [1.165, 1.54) is 22.8 Å². The van der Waals surface area contributed by atoms with Gasteiger partial charge in [0, 0.05) is 6.20 Å². The van der Waals surface area contributed by atoms with Crippen molar-refractivity contribution in [3.8, 4) is 28.4 Å². The number of ether oxygens (including phenoxy) is 2. The van der Waals surface area contributed by atoms with E-state index in [4.69, 9.17) is 11.3 Å². The first-order valence-electron chi connectivity index (χ1n) is 8.87. The molecule has 0 atom stereocenters. The highest BCUT2D eigenvalue weighted by atomic mass is 19.4. The first kappa shape index (κ1) is 20.0. The quantitative estimate of drug-likeness (QED) is 0.453. The van der Waals surface area contributed by atoms with E-state index in [0.29, 0.717) is 28.3 Å². The lowest BCUT2D eigenvalue weighted by Crippen LogP contribution is -2.18. The molecule has 0 saturated heterocycles. The Morgan fingerprint density at radius 1 is 1.03 bits per heavy atom. The van der Waals surface area contributed by atoms with E-state index >= 15 is 0 Å². The van der Waals surface area contributed by atoms with Gasteiger partial charge in [-0.05, 0) is 48.9 Å². The minimum Gasteiger partial charge on any atom is -0.457 e. The molecule has 0 aliphatic carbocycles. The summed E-state index contributed by atoms with van der Waals surface area (Å²) in [6.45, 7) is 8.83. The van der Waals surface area contributed by atoms with Gasteiger partial charge in [0.1, 0.15) is 17.2 Å². The Balaban J connectivity index is 1.58. The fourth-order valence-corrected chi connectivity index (χ4v) is 3.06. The Morgan fingerprint density at radius 3 is 2.19 bits per heavy atom. The molecule has 4 aromatic rings. The van der Waals surface area contributed by atoms with Crippen LogP contribution in [0.15, 0.2) is 59.5 Å². The maximum atomic E-state index is 12.9. The largest absolute Gasteiger partial charge is 0.573 e. The number of aryl methyl sites for hydroxylation is 1. The number of nitrogens with zero attached hydrogens (tertiary/aromatic N) is 3. The van der Waals surface area contributed by atoms with Crippen LogP contribution >= 0.6 is 0 Å². The molecule has 2 heterocycles. The van der Waals surface area contributed by atoms with E-state index < -0.39 is 6.36 Å². The van der Waals surface area contributed by atoms with Crippen molar-refractivity contribution in [2.75, 3.05) is 0 Å². The number of alkyl halides is 3. The van der Waals surface area contributed by atoms with Crippen LogP contribution in [0.1, 0.15) is 5.69 Å². The summed E-state index contributed by atoms with van der Waals surface area (Å²) in [6, 6.07) is 11.6. The molecule has 0 bridgehead atoms. The summed E-state index contributed by atoms with van der Waals surface area (Å²) in [7, 11) is 0. The molecule has 0 amide bonds. The second kappa shape index (κ2) is 7.53. The van der Waals surface area contributed by atoms with Gasteiger partial charge in [0.25, 0.3) is 5.56 Å². The lowest BCUT2D eigenvalue weighted by atomic mass is 10.1. The van der Waals surface area contributed by atoms with Gasteiger partial charge in [-0.15, -0.1) is 13.2 Å². The second-order valence-electron chi connectivity index (χ2n) is 6.45. The third-order valence-corrected chi connectivity index (χ3v) is 4.38. The molecule has 0 spiro atoms. The zero-order chi connectivity index (χ0) is 22.2. The van der Waals surface area contributed by atoms with Crippen LogP contribution < -0.4 is 15.0 Å². The number of fused-ring (bicyclic) bond motifs is 1. The van der Waals surface area contributed by atoms with Crippen molar-refractivity contribution in [2.24, 2.45) is 0 Å². The van der Waals surface area contributed by atoms with E-state index in [1.807, 2.05) is 0 Å². The van der Waals surface area contributed by atoms with E-state index in [-0.39, 0.29) is 22.6 Å². The highest BCUT2D eigenvalue weighted by Gasteiger charge is 2.31. The van der Waals surface area contributed by atoms with Crippen LogP contribution in [0, 0.1) is 13.5 Å². The molecule has 0 fully saturated rings. The fraction of sp³-hybridized carbons (Fsp3) is 0.0952. The molecule has 1 N–H and O–H groups in total. The molecule has 7 nitrogen and oxygen atoms in total. The number of H-pyrrole nitrogens is 1. The first-order chi connectivity index (χ1) is 14.7. The number of hydrogen-bond acceptors (Lipinski definition) is 4. The van der Waals surface area contributed by atoms with Gasteiger partial charge in [-0.25, -0.2) is 14.3 Å². The van der Waals surface area contributed by atoms with E-state index in [1.54, 1.807) is 31.2 Å². The first-order valence-corrected chi connectivity index (χ1v) is 8.87. The molecule has 0 aliphatic heterocycles. The van der Waals surface area contributed by atoms with E-state index in [0.717, 1.165) is 12.1 Å². The summed E-state index contributed by atoms with van der Waals surface area (Å²) in [6.07, 6.45) is -3.34. The monoisotopic (exact) mass is 426 g/mol. The number of halogens is 3. The Morgan fingerprint density at radius 2 is 1.61 bits per heavy atom. The second-order valence-corrected chi connectivity index (χ2v) is 6.45. The van der Waals surface area contributed by atoms with Crippen LogP contribution in [0.5, 0.6) is 17.2 Å². The lowest BCUT2D eigenvalue weighted by molar-refractivity contribution is -0.274.